The number of pyridine rings is 1. The molecule has 0 spiro atoms. The molecule has 5 heteroatoms. The van der Waals surface area contributed by atoms with E-state index in [0.29, 0.717) is 17.5 Å². The summed E-state index contributed by atoms with van der Waals surface area (Å²) in [5.41, 5.74) is 8.92. The van der Waals surface area contributed by atoms with Crippen molar-refractivity contribution in [2.24, 2.45) is 0 Å². The Hall–Kier alpha value is -6.98. The van der Waals surface area contributed by atoms with E-state index < -0.39 is 0 Å². The molecule has 0 N–H and O–H groups in total. The van der Waals surface area contributed by atoms with Crippen molar-refractivity contribution in [2.75, 3.05) is 0 Å². The third kappa shape index (κ3) is 5.11. The van der Waals surface area contributed by atoms with Crippen LogP contribution >= 0.6 is 0 Å². The number of aromatic nitrogens is 4. The van der Waals surface area contributed by atoms with Gasteiger partial charge in [-0.1, -0.05) is 140 Å². The summed E-state index contributed by atoms with van der Waals surface area (Å²) in [6, 6.07) is 54.5. The first kappa shape index (κ1) is 29.0. The lowest BCUT2D eigenvalue weighted by Crippen LogP contribution is -2.00. The minimum atomic E-state index is 0.616. The molecule has 3 heterocycles. The van der Waals surface area contributed by atoms with Crippen molar-refractivity contribution in [3.8, 4) is 56.4 Å². The number of furan rings is 1. The van der Waals surface area contributed by atoms with Crippen LogP contribution in [0.2, 0.25) is 0 Å². The number of para-hydroxylation sites is 1. The number of hydrogen-bond acceptors (Lipinski definition) is 5. The molecule has 7 aromatic carbocycles. The van der Waals surface area contributed by atoms with Gasteiger partial charge < -0.3 is 4.42 Å². The van der Waals surface area contributed by atoms with Gasteiger partial charge in [-0.05, 0) is 51.0 Å². The highest BCUT2D eigenvalue weighted by Crippen LogP contribution is 2.38. The molecule has 5 nitrogen and oxygen atoms in total. The van der Waals surface area contributed by atoms with Gasteiger partial charge in [0.05, 0.1) is 0 Å². The van der Waals surface area contributed by atoms with E-state index in [1.807, 2.05) is 48.8 Å². The molecule has 0 atom stereocenters. The van der Waals surface area contributed by atoms with E-state index in [-0.39, 0.29) is 0 Å². The van der Waals surface area contributed by atoms with Crippen LogP contribution in [0.4, 0.5) is 0 Å². The molecular weight excluding hydrogens is 625 g/mol. The second-order valence-corrected chi connectivity index (χ2v) is 12.7. The first-order valence-electron chi connectivity index (χ1n) is 17.0. The van der Waals surface area contributed by atoms with E-state index in [1.165, 1.54) is 16.3 Å². The van der Waals surface area contributed by atoms with Crippen LogP contribution in [0.3, 0.4) is 0 Å². The summed E-state index contributed by atoms with van der Waals surface area (Å²) in [7, 11) is 0. The molecule has 0 unspecified atom stereocenters. The predicted molar refractivity (Wildman–Crippen MR) is 207 cm³/mol. The lowest BCUT2D eigenvalue weighted by molar-refractivity contribution is 0.670. The number of hydrogen-bond donors (Lipinski definition) is 0. The highest BCUT2D eigenvalue weighted by molar-refractivity contribution is 6.13. The SMILES string of the molecule is c1ccc(-c2nc(-c3ccc(-c4cccc5ccccc45)cc3)nc(-c3ccc(-c4cccc5c4oc4cc6cnccc6cc45)cc3)n2)cc1. The third-order valence-corrected chi connectivity index (χ3v) is 9.62. The molecule has 51 heavy (non-hydrogen) atoms. The number of fused-ring (bicyclic) bond motifs is 5. The molecule has 0 aliphatic carbocycles. The third-order valence-electron chi connectivity index (χ3n) is 9.62. The van der Waals surface area contributed by atoms with Crippen molar-refractivity contribution >= 4 is 43.5 Å². The second-order valence-electron chi connectivity index (χ2n) is 12.7. The summed E-state index contributed by atoms with van der Waals surface area (Å²) in [4.78, 5) is 19.2. The van der Waals surface area contributed by atoms with Gasteiger partial charge in [0, 0.05) is 50.8 Å². The highest BCUT2D eigenvalue weighted by Gasteiger charge is 2.16. The van der Waals surface area contributed by atoms with Gasteiger partial charge in [-0.15, -0.1) is 0 Å². The maximum atomic E-state index is 6.49. The molecule has 0 amide bonds. The smallest absolute Gasteiger partial charge is 0.164 e. The van der Waals surface area contributed by atoms with Crippen LogP contribution in [-0.2, 0) is 0 Å². The summed E-state index contributed by atoms with van der Waals surface area (Å²) >= 11 is 0. The standard InChI is InChI=1S/C46H28N4O/c1-2-9-32(10-3-1)44-48-45(33-20-16-30(17-21-33)38-13-6-11-29-8-4-5-12-37(29)38)50-46(49-44)34-22-18-31(19-23-34)39-14-7-15-40-41-26-35-24-25-47-28-36(35)27-42(41)51-43(39)40/h1-28H. The average molecular weight is 653 g/mol. The molecular formula is C46H28N4O. The van der Waals surface area contributed by atoms with Gasteiger partial charge in [-0.3, -0.25) is 4.98 Å². The Bertz CT molecular complexity index is 2890. The fourth-order valence-electron chi connectivity index (χ4n) is 7.03. The molecule has 0 aliphatic rings. The summed E-state index contributed by atoms with van der Waals surface area (Å²) in [5.74, 6) is 1.88. The Kier molecular flexibility index (Phi) is 6.74. The van der Waals surface area contributed by atoms with E-state index in [1.54, 1.807) is 0 Å². The zero-order chi connectivity index (χ0) is 33.7. The first-order chi connectivity index (χ1) is 25.2. The van der Waals surface area contributed by atoms with Gasteiger partial charge in [-0.25, -0.2) is 15.0 Å². The molecule has 238 valence electrons. The largest absolute Gasteiger partial charge is 0.455 e. The van der Waals surface area contributed by atoms with Gasteiger partial charge in [0.1, 0.15) is 11.2 Å². The summed E-state index contributed by atoms with van der Waals surface area (Å²) in [6.45, 7) is 0. The number of benzene rings is 7. The fraction of sp³-hybridized carbons (Fsp3) is 0. The van der Waals surface area contributed by atoms with Crippen molar-refractivity contribution in [1.82, 2.24) is 19.9 Å². The lowest BCUT2D eigenvalue weighted by Gasteiger charge is -2.10. The topological polar surface area (TPSA) is 64.7 Å². The Morgan fingerprint density at radius 1 is 0.373 bits per heavy atom. The summed E-state index contributed by atoms with van der Waals surface area (Å²) in [5, 5.41) is 6.84. The van der Waals surface area contributed by atoms with Crippen LogP contribution in [-0.4, -0.2) is 19.9 Å². The monoisotopic (exact) mass is 652 g/mol. The van der Waals surface area contributed by atoms with E-state index in [9.17, 15) is 0 Å². The quantitative estimate of drug-likeness (QED) is 0.185. The molecule has 0 saturated carbocycles. The van der Waals surface area contributed by atoms with Crippen molar-refractivity contribution < 1.29 is 4.42 Å². The number of nitrogens with zero attached hydrogens (tertiary/aromatic N) is 4. The normalized spacial score (nSPS) is 11.5. The molecule has 10 rings (SSSR count). The molecule has 0 bridgehead atoms. The van der Waals surface area contributed by atoms with Crippen LogP contribution in [0.5, 0.6) is 0 Å². The molecule has 3 aromatic heterocycles. The van der Waals surface area contributed by atoms with Crippen molar-refractivity contribution in [3.63, 3.8) is 0 Å². The zero-order valence-corrected chi connectivity index (χ0v) is 27.4. The van der Waals surface area contributed by atoms with Crippen LogP contribution in [0.25, 0.3) is 99.9 Å². The van der Waals surface area contributed by atoms with Gasteiger partial charge in [0.2, 0.25) is 0 Å². The molecule has 10 aromatic rings. The fourth-order valence-corrected chi connectivity index (χ4v) is 7.03. The van der Waals surface area contributed by atoms with Crippen molar-refractivity contribution in [3.05, 3.63) is 170 Å². The minimum absolute atomic E-state index is 0.616. The maximum Gasteiger partial charge on any atom is 0.164 e. The van der Waals surface area contributed by atoms with Crippen molar-refractivity contribution in [2.45, 2.75) is 0 Å². The molecule has 0 radical (unpaired) electrons. The molecule has 0 aliphatic heterocycles. The maximum absolute atomic E-state index is 6.49. The summed E-state index contributed by atoms with van der Waals surface area (Å²) < 4.78 is 6.49. The van der Waals surface area contributed by atoms with Gasteiger partial charge in [0.25, 0.3) is 0 Å². The first-order valence-corrected chi connectivity index (χ1v) is 17.0. The van der Waals surface area contributed by atoms with Gasteiger partial charge in [0.15, 0.2) is 17.5 Å². The highest BCUT2D eigenvalue weighted by atomic mass is 16.3. The Labute approximate surface area is 293 Å². The minimum Gasteiger partial charge on any atom is -0.455 e. The van der Waals surface area contributed by atoms with Crippen LogP contribution in [0.15, 0.2) is 175 Å². The summed E-state index contributed by atoms with van der Waals surface area (Å²) in [6.07, 6.45) is 3.70. The lowest BCUT2D eigenvalue weighted by atomic mass is 9.97. The Morgan fingerprint density at radius 3 is 1.69 bits per heavy atom. The second kappa shape index (κ2) is 11.9. The van der Waals surface area contributed by atoms with Gasteiger partial charge in [-0.2, -0.15) is 0 Å². The number of rotatable bonds is 5. The van der Waals surface area contributed by atoms with E-state index >= 15 is 0 Å². The average Bonchev–Trinajstić information content (AvgIpc) is 3.57. The van der Waals surface area contributed by atoms with E-state index in [2.05, 4.69) is 126 Å². The van der Waals surface area contributed by atoms with Crippen LogP contribution in [0, 0.1) is 0 Å². The van der Waals surface area contributed by atoms with Crippen molar-refractivity contribution in [1.29, 1.82) is 0 Å². The Balaban J connectivity index is 1.04. The predicted octanol–water partition coefficient (Wildman–Crippen LogP) is 11.8. The van der Waals surface area contributed by atoms with E-state index in [0.717, 1.165) is 66.1 Å². The Morgan fingerprint density at radius 2 is 0.941 bits per heavy atom. The van der Waals surface area contributed by atoms with Gasteiger partial charge >= 0.3 is 0 Å². The zero-order valence-electron chi connectivity index (χ0n) is 27.4. The molecule has 0 fully saturated rings. The van der Waals surface area contributed by atoms with E-state index in [4.69, 9.17) is 19.4 Å². The van der Waals surface area contributed by atoms with Crippen LogP contribution < -0.4 is 0 Å². The molecule has 0 saturated heterocycles. The van der Waals surface area contributed by atoms with Crippen LogP contribution in [0.1, 0.15) is 0 Å².